The van der Waals surface area contributed by atoms with Gasteiger partial charge in [-0.05, 0) is 53.5 Å². The minimum Gasteiger partial charge on any atom is -0.304 e. The van der Waals surface area contributed by atoms with Gasteiger partial charge in [-0.15, -0.1) is 12.4 Å². The molecule has 1 amide bonds. The van der Waals surface area contributed by atoms with E-state index in [1.165, 1.54) is 11.8 Å². The largest absolute Gasteiger partial charge is 0.304 e. The molecule has 0 atom stereocenters. The minimum absolute atomic E-state index is 0. The fourth-order valence-corrected chi connectivity index (χ4v) is 4.52. The number of hydrazine groups is 1. The fraction of sp³-hybridized carbons (Fsp3) is 0.478. The molecule has 2 aliphatic rings. The van der Waals surface area contributed by atoms with Gasteiger partial charge < -0.3 is 4.90 Å². The van der Waals surface area contributed by atoms with Crippen molar-refractivity contribution in [2.24, 2.45) is 0 Å². The van der Waals surface area contributed by atoms with E-state index in [-0.39, 0.29) is 30.2 Å². The Balaban J connectivity index is 0.00000306. The second-order valence-corrected chi connectivity index (χ2v) is 9.36. The molecule has 8 nitrogen and oxygen atoms in total. The summed E-state index contributed by atoms with van der Waals surface area (Å²) in [6.45, 7) is 5.21. The smallest absolute Gasteiger partial charge is 0.272 e. The Labute approximate surface area is 209 Å². The van der Waals surface area contributed by atoms with Gasteiger partial charge in [0, 0.05) is 44.5 Å². The third-order valence-corrected chi connectivity index (χ3v) is 6.76. The van der Waals surface area contributed by atoms with E-state index >= 15 is 0 Å². The van der Waals surface area contributed by atoms with Crippen molar-refractivity contribution in [2.45, 2.75) is 38.3 Å². The van der Waals surface area contributed by atoms with Crippen molar-refractivity contribution >= 4 is 40.1 Å². The SMILES string of the molecule is CN1CCN(Cc2ccc(C(=O)N(Nc3nc(C#N)ncc3Br)C3CCCC3)cc2)CC1.Cl. The van der Waals surface area contributed by atoms with E-state index in [4.69, 9.17) is 5.26 Å². The Bertz CT molecular complexity index is 983. The van der Waals surface area contributed by atoms with E-state index in [0.29, 0.717) is 15.9 Å². The van der Waals surface area contributed by atoms with E-state index < -0.39 is 0 Å². The molecule has 1 saturated carbocycles. The lowest BCUT2D eigenvalue weighted by Crippen LogP contribution is -2.44. The number of nitriles is 1. The first-order valence-electron chi connectivity index (χ1n) is 11.1. The Hall–Kier alpha value is -2.25. The van der Waals surface area contributed by atoms with E-state index in [0.717, 1.165) is 58.4 Å². The van der Waals surface area contributed by atoms with Gasteiger partial charge in [0.1, 0.15) is 6.07 Å². The van der Waals surface area contributed by atoms with Gasteiger partial charge in [0.25, 0.3) is 5.91 Å². The molecule has 176 valence electrons. The standard InChI is InChI=1S/C23H28BrN7O.ClH/c1-29-10-12-30(13-11-29)16-17-6-8-18(9-7-17)23(32)31(19-4-2-3-5-19)28-22-20(24)15-26-21(14-25)27-22;/h6-9,15,19H,2-5,10-13,16H2,1H3,(H,26,27,28);1H. The van der Waals surface area contributed by atoms with Crippen LogP contribution >= 0.6 is 28.3 Å². The number of amides is 1. The van der Waals surface area contributed by atoms with Crippen molar-refractivity contribution in [3.63, 3.8) is 0 Å². The molecule has 0 unspecified atom stereocenters. The molecule has 1 aromatic carbocycles. The van der Waals surface area contributed by atoms with E-state index in [1.807, 2.05) is 30.3 Å². The highest BCUT2D eigenvalue weighted by atomic mass is 79.9. The molecule has 1 aromatic heterocycles. The summed E-state index contributed by atoms with van der Waals surface area (Å²) in [6.07, 6.45) is 5.59. The van der Waals surface area contributed by atoms with Crippen LogP contribution in [0.1, 0.15) is 47.4 Å². The van der Waals surface area contributed by atoms with Gasteiger partial charge in [0.2, 0.25) is 5.82 Å². The molecule has 0 radical (unpaired) electrons. The molecule has 1 aliphatic heterocycles. The lowest BCUT2D eigenvalue weighted by Gasteiger charge is -2.32. The lowest BCUT2D eigenvalue weighted by molar-refractivity contribution is 0.0731. The number of rotatable bonds is 6. The Morgan fingerprint density at radius 1 is 1.21 bits per heavy atom. The molecule has 1 aliphatic carbocycles. The number of carbonyl (C=O) groups excluding carboxylic acids is 1. The van der Waals surface area contributed by atoms with Crippen LogP contribution in [0.15, 0.2) is 34.9 Å². The van der Waals surface area contributed by atoms with Crippen molar-refractivity contribution in [3.8, 4) is 6.07 Å². The summed E-state index contributed by atoms with van der Waals surface area (Å²) in [7, 11) is 2.16. The van der Waals surface area contributed by atoms with Crippen molar-refractivity contribution in [1.82, 2.24) is 24.8 Å². The monoisotopic (exact) mass is 533 g/mol. The normalized spacial score (nSPS) is 17.2. The molecule has 2 heterocycles. The second-order valence-electron chi connectivity index (χ2n) is 8.50. The maximum absolute atomic E-state index is 13.5. The topological polar surface area (TPSA) is 88.4 Å². The zero-order valence-corrected chi connectivity index (χ0v) is 21.1. The summed E-state index contributed by atoms with van der Waals surface area (Å²) in [4.78, 5) is 26.4. The minimum atomic E-state index is -0.0907. The summed E-state index contributed by atoms with van der Waals surface area (Å²) in [6, 6.07) is 9.95. The number of halogens is 2. The number of benzene rings is 1. The molecular formula is C23H29BrClN7O. The third kappa shape index (κ3) is 6.42. The molecule has 0 spiro atoms. The van der Waals surface area contributed by atoms with Gasteiger partial charge in [-0.3, -0.25) is 15.1 Å². The summed E-state index contributed by atoms with van der Waals surface area (Å²) in [5, 5.41) is 10.8. The zero-order chi connectivity index (χ0) is 22.5. The van der Waals surface area contributed by atoms with Crippen LogP contribution in [0.25, 0.3) is 0 Å². The second kappa shape index (κ2) is 11.7. The number of aromatic nitrogens is 2. The van der Waals surface area contributed by atoms with Gasteiger partial charge in [-0.25, -0.2) is 9.99 Å². The third-order valence-electron chi connectivity index (χ3n) is 6.18. The molecule has 0 bridgehead atoms. The summed E-state index contributed by atoms with van der Waals surface area (Å²) in [5.41, 5.74) is 5.02. The van der Waals surface area contributed by atoms with Crippen molar-refractivity contribution in [3.05, 3.63) is 51.9 Å². The Morgan fingerprint density at radius 2 is 1.88 bits per heavy atom. The van der Waals surface area contributed by atoms with Crippen LogP contribution in [-0.4, -0.2) is 70.0 Å². The van der Waals surface area contributed by atoms with Crippen LogP contribution in [0.2, 0.25) is 0 Å². The number of likely N-dealkylation sites (N-methyl/N-ethyl adjacent to an activating group) is 1. The molecule has 33 heavy (non-hydrogen) atoms. The number of carbonyl (C=O) groups is 1. The average Bonchev–Trinajstić information content (AvgIpc) is 3.35. The summed E-state index contributed by atoms with van der Waals surface area (Å²) < 4.78 is 0.606. The van der Waals surface area contributed by atoms with Crippen molar-refractivity contribution in [2.75, 3.05) is 38.7 Å². The first-order valence-corrected chi connectivity index (χ1v) is 11.9. The Morgan fingerprint density at radius 3 is 2.52 bits per heavy atom. The zero-order valence-electron chi connectivity index (χ0n) is 18.7. The van der Waals surface area contributed by atoms with Gasteiger partial charge in [0.05, 0.1) is 10.5 Å². The molecule has 2 aromatic rings. The quantitative estimate of drug-likeness (QED) is 0.566. The van der Waals surface area contributed by atoms with E-state index in [1.54, 1.807) is 5.01 Å². The number of nitrogens with zero attached hydrogens (tertiary/aromatic N) is 6. The van der Waals surface area contributed by atoms with Crippen LogP contribution in [-0.2, 0) is 6.54 Å². The van der Waals surface area contributed by atoms with Gasteiger partial charge in [-0.1, -0.05) is 25.0 Å². The fourth-order valence-electron chi connectivity index (χ4n) is 4.24. The number of hydrogen-bond donors (Lipinski definition) is 1. The lowest BCUT2D eigenvalue weighted by atomic mass is 10.1. The first-order chi connectivity index (χ1) is 15.5. The predicted molar refractivity (Wildman–Crippen MR) is 133 cm³/mol. The molecule has 1 saturated heterocycles. The van der Waals surface area contributed by atoms with Crippen LogP contribution in [0.5, 0.6) is 0 Å². The van der Waals surface area contributed by atoms with E-state index in [9.17, 15) is 4.79 Å². The molecule has 4 rings (SSSR count). The van der Waals surface area contributed by atoms with E-state index in [2.05, 4.69) is 48.2 Å². The number of hydrogen-bond acceptors (Lipinski definition) is 7. The first kappa shape index (κ1) is 25.4. The highest BCUT2D eigenvalue weighted by Crippen LogP contribution is 2.27. The molecule has 10 heteroatoms. The maximum Gasteiger partial charge on any atom is 0.272 e. The molecule has 2 fully saturated rings. The van der Waals surface area contributed by atoms with Crippen LogP contribution in [0.4, 0.5) is 5.82 Å². The number of anilines is 1. The maximum atomic E-state index is 13.5. The van der Waals surface area contributed by atoms with Gasteiger partial charge in [0.15, 0.2) is 5.82 Å². The van der Waals surface area contributed by atoms with Crippen LogP contribution < -0.4 is 5.43 Å². The average molecular weight is 535 g/mol. The van der Waals surface area contributed by atoms with Gasteiger partial charge in [-0.2, -0.15) is 10.2 Å². The highest BCUT2D eigenvalue weighted by Gasteiger charge is 2.29. The number of nitrogens with one attached hydrogen (secondary N) is 1. The van der Waals surface area contributed by atoms with Gasteiger partial charge >= 0.3 is 0 Å². The Kier molecular flexibility index (Phi) is 9.03. The van der Waals surface area contributed by atoms with Crippen molar-refractivity contribution < 1.29 is 4.79 Å². The molecule has 1 N–H and O–H groups in total. The van der Waals surface area contributed by atoms with Crippen molar-refractivity contribution in [1.29, 1.82) is 5.26 Å². The number of piperazine rings is 1. The summed E-state index contributed by atoms with van der Waals surface area (Å²) in [5.74, 6) is 0.387. The van der Waals surface area contributed by atoms with Crippen LogP contribution in [0.3, 0.4) is 0 Å². The predicted octanol–water partition coefficient (Wildman–Crippen LogP) is 3.69. The summed E-state index contributed by atoms with van der Waals surface area (Å²) >= 11 is 3.42. The molecular weight excluding hydrogens is 506 g/mol. The van der Waals surface area contributed by atoms with Crippen LogP contribution in [0, 0.1) is 11.3 Å². The highest BCUT2D eigenvalue weighted by molar-refractivity contribution is 9.10.